The largest absolute Gasteiger partial charge is 0.366 e. The van der Waals surface area contributed by atoms with E-state index in [9.17, 15) is 0 Å². The Bertz CT molecular complexity index is 513. The highest BCUT2D eigenvalue weighted by Crippen LogP contribution is 2.38. The summed E-state index contributed by atoms with van der Waals surface area (Å²) in [6, 6.07) is 6.66. The molecule has 0 radical (unpaired) electrons. The van der Waals surface area contributed by atoms with E-state index >= 15 is 0 Å². The van der Waals surface area contributed by atoms with Gasteiger partial charge in [-0.05, 0) is 48.4 Å². The number of hydrogen-bond donors (Lipinski definition) is 2. The molecule has 2 atom stereocenters. The first-order chi connectivity index (χ1) is 8.76. The second-order valence-electron chi connectivity index (χ2n) is 4.88. The summed E-state index contributed by atoms with van der Waals surface area (Å²) >= 11 is 8.48. The Hall–Kier alpha value is -0.870. The van der Waals surface area contributed by atoms with Crippen molar-refractivity contribution in [3.63, 3.8) is 0 Å². The summed E-state index contributed by atoms with van der Waals surface area (Å²) in [6.45, 7) is 0. The summed E-state index contributed by atoms with van der Waals surface area (Å²) in [4.78, 5) is 0. The van der Waals surface area contributed by atoms with Gasteiger partial charge in [0, 0.05) is 21.7 Å². The molecule has 94 valence electrons. The Morgan fingerprint density at radius 1 is 1.44 bits per heavy atom. The lowest BCUT2D eigenvalue weighted by Crippen LogP contribution is -2.32. The van der Waals surface area contributed by atoms with E-state index in [1.807, 2.05) is 0 Å². The summed E-state index contributed by atoms with van der Waals surface area (Å²) < 4.78 is 1.18. The third-order valence-electron chi connectivity index (χ3n) is 3.69. The van der Waals surface area contributed by atoms with Gasteiger partial charge in [-0.25, -0.2) is 0 Å². The molecule has 18 heavy (non-hydrogen) atoms. The Labute approximate surface area is 121 Å². The first-order valence-corrected chi connectivity index (χ1v) is 7.48. The molecule has 0 amide bonds. The van der Waals surface area contributed by atoms with Crippen molar-refractivity contribution in [2.24, 2.45) is 0 Å². The fraction of sp³-hybridized carbons (Fsp3) is 0.357. The standard InChI is InChI=1S/C14H15BrN2S/c15-11-3-4-13-9(5-11)1-2-10(13)6-12-7-16-14(8-18)17-12/h3-5,7-8,10,14,16-17H,1-2,6H2. The van der Waals surface area contributed by atoms with Crippen LogP contribution in [0.1, 0.15) is 29.9 Å². The average molecular weight is 323 g/mol. The van der Waals surface area contributed by atoms with Gasteiger partial charge in [0.2, 0.25) is 0 Å². The molecule has 0 saturated carbocycles. The molecule has 0 fully saturated rings. The minimum atomic E-state index is 0.126. The molecule has 1 aromatic carbocycles. The molecular weight excluding hydrogens is 308 g/mol. The molecule has 4 heteroatoms. The molecule has 0 saturated heterocycles. The van der Waals surface area contributed by atoms with Crippen LogP contribution in [-0.4, -0.2) is 11.5 Å². The van der Waals surface area contributed by atoms with Crippen LogP contribution in [0.3, 0.4) is 0 Å². The van der Waals surface area contributed by atoms with E-state index in [0.717, 1.165) is 6.42 Å². The monoisotopic (exact) mass is 322 g/mol. The van der Waals surface area contributed by atoms with Crippen LogP contribution in [0.25, 0.3) is 0 Å². The van der Waals surface area contributed by atoms with Crippen LogP contribution in [0.5, 0.6) is 0 Å². The van der Waals surface area contributed by atoms with Crippen LogP contribution >= 0.6 is 28.1 Å². The number of halogens is 1. The summed E-state index contributed by atoms with van der Waals surface area (Å²) in [6.07, 6.45) is 5.69. The normalized spacial score (nSPS) is 25.1. The molecule has 1 heterocycles. The van der Waals surface area contributed by atoms with Crippen LogP contribution in [0, 0.1) is 0 Å². The zero-order valence-corrected chi connectivity index (χ0v) is 12.4. The fourth-order valence-electron chi connectivity index (χ4n) is 2.82. The van der Waals surface area contributed by atoms with Gasteiger partial charge in [0.25, 0.3) is 0 Å². The average Bonchev–Trinajstić information content (AvgIpc) is 2.97. The summed E-state index contributed by atoms with van der Waals surface area (Å²) in [5, 5.41) is 8.34. The molecule has 1 aliphatic heterocycles. The highest BCUT2D eigenvalue weighted by molar-refractivity contribution is 9.10. The predicted molar refractivity (Wildman–Crippen MR) is 81.6 cm³/mol. The van der Waals surface area contributed by atoms with E-state index < -0.39 is 0 Å². The summed E-state index contributed by atoms with van der Waals surface area (Å²) in [5.74, 6) is 0.637. The van der Waals surface area contributed by atoms with Crippen LogP contribution in [-0.2, 0) is 6.42 Å². The molecule has 0 aromatic heterocycles. The van der Waals surface area contributed by atoms with E-state index in [1.165, 1.54) is 34.1 Å². The molecule has 1 aromatic rings. The van der Waals surface area contributed by atoms with Gasteiger partial charge in [-0.15, -0.1) is 0 Å². The van der Waals surface area contributed by atoms with Crippen LogP contribution in [0.2, 0.25) is 0 Å². The highest BCUT2D eigenvalue weighted by Gasteiger charge is 2.25. The first kappa shape index (κ1) is 12.2. The van der Waals surface area contributed by atoms with Crippen molar-refractivity contribution in [1.82, 2.24) is 10.6 Å². The first-order valence-electron chi connectivity index (χ1n) is 6.21. The molecule has 2 unspecified atom stereocenters. The SMILES string of the molecule is S=CC1NC=C(CC2CCc3cc(Br)ccc32)N1. The lowest BCUT2D eigenvalue weighted by molar-refractivity contribution is 0.628. The molecule has 2 N–H and O–H groups in total. The Kier molecular flexibility index (Phi) is 3.39. The molecule has 3 rings (SSSR count). The van der Waals surface area contributed by atoms with Gasteiger partial charge in [0.1, 0.15) is 6.17 Å². The maximum atomic E-state index is 4.94. The van der Waals surface area contributed by atoms with E-state index in [0.29, 0.717) is 5.92 Å². The zero-order chi connectivity index (χ0) is 12.5. The van der Waals surface area contributed by atoms with Gasteiger partial charge in [0.15, 0.2) is 0 Å². The number of rotatable bonds is 3. The topological polar surface area (TPSA) is 24.1 Å². The second-order valence-corrected chi connectivity index (χ2v) is 6.07. The van der Waals surface area contributed by atoms with Crippen molar-refractivity contribution in [3.05, 3.63) is 45.7 Å². The third kappa shape index (κ3) is 2.31. The molecule has 0 bridgehead atoms. The van der Waals surface area contributed by atoms with Crippen LogP contribution in [0.15, 0.2) is 34.6 Å². The van der Waals surface area contributed by atoms with Crippen molar-refractivity contribution >= 4 is 33.5 Å². The van der Waals surface area contributed by atoms with Crippen LogP contribution < -0.4 is 10.6 Å². The van der Waals surface area contributed by atoms with E-state index in [2.05, 4.69) is 51.0 Å². The lowest BCUT2D eigenvalue weighted by atomic mass is 9.96. The number of thiocarbonyl (C=S) groups is 1. The van der Waals surface area contributed by atoms with Gasteiger partial charge >= 0.3 is 0 Å². The maximum absolute atomic E-state index is 4.94. The highest BCUT2D eigenvalue weighted by atomic mass is 79.9. The van der Waals surface area contributed by atoms with E-state index in [4.69, 9.17) is 12.2 Å². The fourth-order valence-corrected chi connectivity index (χ4v) is 3.37. The van der Waals surface area contributed by atoms with Crippen molar-refractivity contribution < 1.29 is 0 Å². The molecule has 2 nitrogen and oxygen atoms in total. The number of hydrogen-bond acceptors (Lipinski definition) is 3. The van der Waals surface area contributed by atoms with Crippen molar-refractivity contribution in [2.75, 3.05) is 0 Å². The van der Waals surface area contributed by atoms with Gasteiger partial charge in [-0.3, -0.25) is 0 Å². The van der Waals surface area contributed by atoms with Crippen LogP contribution in [0.4, 0.5) is 0 Å². The summed E-state index contributed by atoms with van der Waals surface area (Å²) in [5.41, 5.74) is 4.26. The smallest absolute Gasteiger partial charge is 0.126 e. The van der Waals surface area contributed by atoms with Crippen molar-refractivity contribution in [1.29, 1.82) is 0 Å². The van der Waals surface area contributed by atoms with Crippen molar-refractivity contribution in [3.8, 4) is 0 Å². The van der Waals surface area contributed by atoms with E-state index in [1.54, 1.807) is 5.37 Å². The minimum Gasteiger partial charge on any atom is -0.366 e. The van der Waals surface area contributed by atoms with Gasteiger partial charge < -0.3 is 10.6 Å². The van der Waals surface area contributed by atoms with E-state index in [-0.39, 0.29) is 6.17 Å². The maximum Gasteiger partial charge on any atom is 0.126 e. The molecule has 2 aliphatic rings. The summed E-state index contributed by atoms with van der Waals surface area (Å²) in [7, 11) is 0. The molecule has 0 spiro atoms. The van der Waals surface area contributed by atoms with Gasteiger partial charge in [0.05, 0.1) is 0 Å². The predicted octanol–water partition coefficient (Wildman–Crippen LogP) is 3.23. The number of fused-ring (bicyclic) bond motifs is 1. The zero-order valence-electron chi connectivity index (χ0n) is 9.95. The number of aryl methyl sites for hydroxylation is 1. The number of benzene rings is 1. The minimum absolute atomic E-state index is 0.126. The second kappa shape index (κ2) is 5.02. The third-order valence-corrected chi connectivity index (χ3v) is 4.45. The lowest BCUT2D eigenvalue weighted by Gasteiger charge is -2.14. The number of nitrogens with one attached hydrogen (secondary N) is 2. The number of allylic oxidation sites excluding steroid dienone is 1. The Morgan fingerprint density at radius 3 is 3.11 bits per heavy atom. The quantitative estimate of drug-likeness (QED) is 0.835. The Morgan fingerprint density at radius 2 is 2.33 bits per heavy atom. The van der Waals surface area contributed by atoms with Gasteiger partial charge in [-0.1, -0.05) is 34.2 Å². The Balaban J connectivity index is 1.72. The molecule has 1 aliphatic carbocycles. The van der Waals surface area contributed by atoms with Gasteiger partial charge in [-0.2, -0.15) is 0 Å². The molecular formula is C14H15BrN2S. The van der Waals surface area contributed by atoms with Crippen molar-refractivity contribution in [2.45, 2.75) is 31.3 Å².